The third-order valence-electron chi connectivity index (χ3n) is 0.520. The van der Waals surface area contributed by atoms with Crippen LogP contribution >= 0.6 is 35.0 Å². The van der Waals surface area contributed by atoms with Gasteiger partial charge in [-0.1, -0.05) is 22.6 Å². The summed E-state index contributed by atoms with van der Waals surface area (Å²) < 4.78 is 0.362. The third kappa shape index (κ3) is 8.16. The average Bonchev–Trinajstić information content (AvgIpc) is 1.65. The highest BCUT2D eigenvalue weighted by atomic mass is 127. The maximum Gasteiger partial charge on any atom is 0.224 e. The fraction of sp³-hybridized carbons (Fsp3) is 0.500. The summed E-state index contributed by atoms with van der Waals surface area (Å²) >= 11 is 1.89. The highest BCUT2D eigenvalue weighted by molar-refractivity contribution is 14.1. The molecule has 0 rings (SSSR count). The number of hydrogen-bond donors (Lipinski definition) is 1. The Kier molecular flexibility index (Phi) is 8.31. The molecule has 0 unspecified atom stereocenters. The SMILES string of the molecule is Cl.NC(=O)CC(=O)CI. The van der Waals surface area contributed by atoms with E-state index in [0.29, 0.717) is 4.43 Å². The molecule has 0 radical (unpaired) electrons. The summed E-state index contributed by atoms with van der Waals surface area (Å²) in [4.78, 5) is 20.3. The number of hydrogen-bond acceptors (Lipinski definition) is 2. The zero-order chi connectivity index (χ0) is 6.57. The Morgan fingerprint density at radius 3 is 2.00 bits per heavy atom. The molecular weight excluding hydrogens is 256 g/mol. The van der Waals surface area contributed by atoms with E-state index in [9.17, 15) is 9.59 Å². The van der Waals surface area contributed by atoms with Gasteiger partial charge >= 0.3 is 0 Å². The largest absolute Gasteiger partial charge is 0.369 e. The molecule has 9 heavy (non-hydrogen) atoms. The van der Waals surface area contributed by atoms with E-state index in [-0.39, 0.29) is 24.6 Å². The van der Waals surface area contributed by atoms with Crippen molar-refractivity contribution < 1.29 is 9.59 Å². The zero-order valence-electron chi connectivity index (χ0n) is 4.59. The predicted molar refractivity (Wildman–Crippen MR) is 45.0 cm³/mol. The Morgan fingerprint density at radius 1 is 1.44 bits per heavy atom. The molecule has 0 aromatic heterocycles. The van der Waals surface area contributed by atoms with Crippen LogP contribution in [0.4, 0.5) is 0 Å². The normalized spacial score (nSPS) is 7.67. The van der Waals surface area contributed by atoms with E-state index >= 15 is 0 Å². The maximum absolute atomic E-state index is 10.3. The van der Waals surface area contributed by atoms with E-state index in [1.165, 1.54) is 0 Å². The molecule has 0 aliphatic rings. The molecule has 0 aromatic carbocycles. The molecule has 3 nitrogen and oxygen atoms in total. The van der Waals surface area contributed by atoms with Crippen molar-refractivity contribution in [1.82, 2.24) is 0 Å². The van der Waals surface area contributed by atoms with Gasteiger partial charge in [0.25, 0.3) is 0 Å². The van der Waals surface area contributed by atoms with Crippen molar-refractivity contribution in [3.63, 3.8) is 0 Å². The summed E-state index contributed by atoms with van der Waals surface area (Å²) in [7, 11) is 0. The lowest BCUT2D eigenvalue weighted by Gasteiger charge is -1.86. The molecule has 0 aliphatic carbocycles. The second kappa shape index (κ2) is 6.28. The molecule has 0 heterocycles. The first-order valence-electron chi connectivity index (χ1n) is 2.02. The number of halogens is 2. The summed E-state index contributed by atoms with van der Waals surface area (Å²) in [5.74, 6) is -0.662. The summed E-state index contributed by atoms with van der Waals surface area (Å²) in [5, 5.41) is 0. The molecule has 5 heteroatoms. The van der Waals surface area contributed by atoms with Gasteiger partial charge < -0.3 is 5.73 Å². The number of carbonyl (C=O) groups is 2. The van der Waals surface area contributed by atoms with E-state index in [1.807, 2.05) is 22.6 Å². The summed E-state index contributed by atoms with van der Waals surface area (Å²) in [6, 6.07) is 0. The molecule has 0 spiro atoms. The van der Waals surface area contributed by atoms with E-state index in [4.69, 9.17) is 5.73 Å². The third-order valence-corrected chi connectivity index (χ3v) is 1.37. The van der Waals surface area contributed by atoms with Gasteiger partial charge in [-0.3, -0.25) is 9.59 Å². The lowest BCUT2D eigenvalue weighted by Crippen LogP contribution is -2.16. The van der Waals surface area contributed by atoms with Crippen LogP contribution in [0.1, 0.15) is 6.42 Å². The highest BCUT2D eigenvalue weighted by Crippen LogP contribution is 1.87. The van der Waals surface area contributed by atoms with Crippen molar-refractivity contribution in [3.05, 3.63) is 0 Å². The van der Waals surface area contributed by atoms with Gasteiger partial charge in [-0.2, -0.15) is 0 Å². The minimum Gasteiger partial charge on any atom is -0.369 e. The molecule has 0 bridgehead atoms. The first-order chi connectivity index (χ1) is 3.66. The number of amides is 1. The second-order valence-corrected chi connectivity index (χ2v) is 2.08. The van der Waals surface area contributed by atoms with Crippen LogP contribution in [0.5, 0.6) is 0 Å². The van der Waals surface area contributed by atoms with Crippen LogP contribution in [0.15, 0.2) is 0 Å². The van der Waals surface area contributed by atoms with Crippen LogP contribution in [-0.2, 0) is 9.59 Å². The Bertz CT molecular complexity index is 117. The van der Waals surface area contributed by atoms with Gasteiger partial charge in [0.15, 0.2) is 5.78 Å². The summed E-state index contributed by atoms with van der Waals surface area (Å²) in [6.07, 6.45) is -0.122. The second-order valence-electron chi connectivity index (χ2n) is 1.32. The van der Waals surface area contributed by atoms with Crippen LogP contribution < -0.4 is 5.73 Å². The first-order valence-corrected chi connectivity index (χ1v) is 3.55. The fourth-order valence-electron chi connectivity index (χ4n) is 0.242. The van der Waals surface area contributed by atoms with Crippen molar-refractivity contribution >= 4 is 46.7 Å². The van der Waals surface area contributed by atoms with E-state index in [2.05, 4.69) is 0 Å². The standard InChI is InChI=1S/C4H6INO2.ClH/c5-2-3(7)1-4(6)8;/h1-2H2,(H2,6,8);1H. The number of rotatable bonds is 3. The summed E-state index contributed by atoms with van der Waals surface area (Å²) in [5.41, 5.74) is 4.71. The number of ketones is 1. The lowest BCUT2D eigenvalue weighted by atomic mass is 10.3. The molecule has 0 fully saturated rings. The van der Waals surface area contributed by atoms with Crippen LogP contribution in [0.25, 0.3) is 0 Å². The molecular formula is C4H7ClINO2. The minimum atomic E-state index is -0.549. The smallest absolute Gasteiger partial charge is 0.224 e. The summed E-state index contributed by atoms with van der Waals surface area (Å²) in [6.45, 7) is 0. The van der Waals surface area contributed by atoms with Gasteiger partial charge in [-0.05, 0) is 0 Å². The van der Waals surface area contributed by atoms with E-state index in [1.54, 1.807) is 0 Å². The Balaban J connectivity index is 0. The Hall–Kier alpha value is 0.160. The lowest BCUT2D eigenvalue weighted by molar-refractivity contribution is -0.124. The maximum atomic E-state index is 10.3. The first kappa shape index (κ1) is 11.9. The molecule has 54 valence electrons. The van der Waals surface area contributed by atoms with E-state index in [0.717, 1.165) is 0 Å². The van der Waals surface area contributed by atoms with Crippen molar-refractivity contribution in [2.75, 3.05) is 4.43 Å². The molecule has 0 saturated heterocycles. The van der Waals surface area contributed by atoms with Crippen LogP contribution in [0, 0.1) is 0 Å². The number of carbonyl (C=O) groups excluding carboxylic acids is 2. The quantitative estimate of drug-likeness (QED) is 0.452. The topological polar surface area (TPSA) is 60.2 Å². The van der Waals surface area contributed by atoms with Gasteiger partial charge in [0, 0.05) is 0 Å². The number of Topliss-reactive ketones (excluding diaryl/α,β-unsaturated/α-hetero) is 1. The minimum absolute atomic E-state index is 0. The van der Waals surface area contributed by atoms with Gasteiger partial charge in [0.2, 0.25) is 5.91 Å². The van der Waals surface area contributed by atoms with Gasteiger partial charge in [-0.15, -0.1) is 12.4 Å². The molecule has 0 atom stereocenters. The van der Waals surface area contributed by atoms with Crippen LogP contribution in [-0.4, -0.2) is 16.1 Å². The number of alkyl halides is 1. The van der Waals surface area contributed by atoms with Crippen molar-refractivity contribution in [2.45, 2.75) is 6.42 Å². The highest BCUT2D eigenvalue weighted by Gasteiger charge is 2.01. The van der Waals surface area contributed by atoms with E-state index < -0.39 is 5.91 Å². The van der Waals surface area contributed by atoms with Crippen LogP contribution in [0.2, 0.25) is 0 Å². The molecule has 0 aliphatic heterocycles. The van der Waals surface area contributed by atoms with Crippen molar-refractivity contribution in [2.24, 2.45) is 5.73 Å². The van der Waals surface area contributed by atoms with Gasteiger partial charge in [0.05, 0.1) is 10.8 Å². The Labute approximate surface area is 72.9 Å². The van der Waals surface area contributed by atoms with Gasteiger partial charge in [0.1, 0.15) is 0 Å². The molecule has 2 N–H and O–H groups in total. The van der Waals surface area contributed by atoms with Crippen molar-refractivity contribution in [3.8, 4) is 0 Å². The average molecular weight is 263 g/mol. The zero-order valence-corrected chi connectivity index (χ0v) is 7.57. The number of nitrogens with two attached hydrogens (primary N) is 1. The molecule has 0 saturated carbocycles. The van der Waals surface area contributed by atoms with Gasteiger partial charge in [-0.25, -0.2) is 0 Å². The van der Waals surface area contributed by atoms with Crippen LogP contribution in [0.3, 0.4) is 0 Å². The Morgan fingerprint density at radius 2 is 1.89 bits per heavy atom. The monoisotopic (exact) mass is 263 g/mol. The predicted octanol–water partition coefficient (Wildman–Crippen LogP) is 0.288. The fourth-order valence-corrected chi connectivity index (χ4v) is 0.511. The molecule has 1 amide bonds. The van der Waals surface area contributed by atoms with Crippen molar-refractivity contribution in [1.29, 1.82) is 0 Å². The number of primary amides is 1. The molecule has 0 aromatic rings.